The highest BCUT2D eigenvalue weighted by molar-refractivity contribution is 5.13. The van der Waals surface area contributed by atoms with E-state index in [1.807, 2.05) is 0 Å². The molecule has 0 aromatic heterocycles. The van der Waals surface area contributed by atoms with Gasteiger partial charge in [0.1, 0.15) is 0 Å². The highest BCUT2D eigenvalue weighted by Gasteiger charge is 2.28. The summed E-state index contributed by atoms with van der Waals surface area (Å²) in [6.07, 6.45) is 2.92. The van der Waals surface area contributed by atoms with Gasteiger partial charge in [0.05, 0.1) is 19.3 Å². The molecule has 0 aromatic rings. The van der Waals surface area contributed by atoms with Crippen LogP contribution in [0.25, 0.3) is 0 Å². The van der Waals surface area contributed by atoms with Crippen LogP contribution in [0.4, 0.5) is 0 Å². The summed E-state index contributed by atoms with van der Waals surface area (Å²) < 4.78 is 5.22. The van der Waals surface area contributed by atoms with Crippen LogP contribution < -0.4 is 5.32 Å². The van der Waals surface area contributed by atoms with Crippen LogP contribution in [0.15, 0.2) is 11.6 Å². The van der Waals surface area contributed by atoms with Crippen LogP contribution in [-0.2, 0) is 4.74 Å². The summed E-state index contributed by atoms with van der Waals surface area (Å²) in [6.45, 7) is 3.20. The van der Waals surface area contributed by atoms with Crippen LogP contribution in [0, 0.1) is 5.92 Å². The Morgan fingerprint density at radius 1 is 1.50 bits per heavy atom. The zero-order valence-electron chi connectivity index (χ0n) is 7.12. The third-order valence-corrected chi connectivity index (χ3v) is 2.66. The van der Waals surface area contributed by atoms with E-state index in [0.29, 0.717) is 5.92 Å². The Bertz CT molecular complexity index is 191. The van der Waals surface area contributed by atoms with Gasteiger partial charge in [0.25, 0.3) is 0 Å². The Hall–Kier alpha value is -0.380. The van der Waals surface area contributed by atoms with Crippen LogP contribution in [0.2, 0.25) is 0 Å². The summed E-state index contributed by atoms with van der Waals surface area (Å²) in [7, 11) is 0. The Kier molecular flexibility index (Phi) is 2.44. The lowest BCUT2D eigenvalue weighted by Crippen LogP contribution is -2.22. The van der Waals surface area contributed by atoms with E-state index in [1.54, 1.807) is 0 Å². The van der Waals surface area contributed by atoms with Crippen LogP contribution in [0.1, 0.15) is 6.42 Å². The average Bonchev–Trinajstić information content (AvgIpc) is 2.53. The molecule has 2 aliphatic heterocycles. The number of aliphatic hydroxyl groups is 1. The molecule has 3 heteroatoms. The summed E-state index contributed by atoms with van der Waals surface area (Å²) >= 11 is 0. The number of ether oxygens (including phenoxy) is 1. The van der Waals surface area contributed by atoms with Crippen molar-refractivity contribution in [1.82, 2.24) is 5.32 Å². The lowest BCUT2D eigenvalue weighted by atomic mass is 9.92. The van der Waals surface area contributed by atoms with Crippen molar-refractivity contribution in [3.05, 3.63) is 11.6 Å². The fraction of sp³-hybridized carbons (Fsp3) is 0.778. The molecule has 0 aliphatic carbocycles. The minimum absolute atomic E-state index is 0.186. The molecule has 1 saturated heterocycles. The largest absolute Gasteiger partial charge is 0.391 e. The lowest BCUT2D eigenvalue weighted by molar-refractivity contribution is 0.131. The second-order valence-corrected chi connectivity index (χ2v) is 3.44. The van der Waals surface area contributed by atoms with E-state index >= 15 is 0 Å². The van der Waals surface area contributed by atoms with E-state index in [2.05, 4.69) is 11.4 Å². The predicted molar refractivity (Wildman–Crippen MR) is 45.9 cm³/mol. The molecule has 0 saturated carbocycles. The third kappa shape index (κ3) is 1.53. The molecule has 0 radical (unpaired) electrons. The van der Waals surface area contributed by atoms with E-state index in [-0.39, 0.29) is 6.10 Å². The van der Waals surface area contributed by atoms with Gasteiger partial charge in [-0.15, -0.1) is 0 Å². The first-order valence-corrected chi connectivity index (χ1v) is 4.53. The van der Waals surface area contributed by atoms with Crippen LogP contribution in [0.5, 0.6) is 0 Å². The zero-order chi connectivity index (χ0) is 8.39. The minimum Gasteiger partial charge on any atom is -0.391 e. The molecule has 2 rings (SSSR count). The topological polar surface area (TPSA) is 41.5 Å². The fourth-order valence-corrected chi connectivity index (χ4v) is 1.92. The van der Waals surface area contributed by atoms with Crippen molar-refractivity contribution in [3.63, 3.8) is 0 Å². The van der Waals surface area contributed by atoms with Crippen molar-refractivity contribution in [2.24, 2.45) is 5.92 Å². The van der Waals surface area contributed by atoms with Crippen LogP contribution in [0.3, 0.4) is 0 Å². The standard InChI is InChI=1S/C9H15NO2/c11-9-6-10-5-8(9)7-1-3-12-4-2-7/h1,8-11H,2-6H2/t8-,9+/m0/s1. The maximum Gasteiger partial charge on any atom is 0.0741 e. The number of aliphatic hydroxyl groups excluding tert-OH is 1. The monoisotopic (exact) mass is 169 g/mol. The SMILES string of the molecule is O[C@@H]1CNC[C@H]1C1=CCOCC1. The third-order valence-electron chi connectivity index (χ3n) is 2.66. The van der Waals surface area contributed by atoms with Gasteiger partial charge >= 0.3 is 0 Å². The van der Waals surface area contributed by atoms with Gasteiger partial charge in [-0.25, -0.2) is 0 Å². The molecule has 0 aromatic carbocycles. The summed E-state index contributed by atoms with van der Waals surface area (Å²) in [5, 5.41) is 12.8. The molecule has 0 spiro atoms. The number of nitrogens with one attached hydrogen (secondary N) is 1. The van der Waals surface area contributed by atoms with Crippen molar-refractivity contribution in [2.45, 2.75) is 12.5 Å². The van der Waals surface area contributed by atoms with Crippen LogP contribution >= 0.6 is 0 Å². The second kappa shape index (κ2) is 3.56. The summed E-state index contributed by atoms with van der Waals surface area (Å²) in [5.74, 6) is 0.342. The van der Waals surface area contributed by atoms with Gasteiger partial charge in [-0.05, 0) is 6.42 Å². The molecule has 2 aliphatic rings. The van der Waals surface area contributed by atoms with Crippen molar-refractivity contribution in [2.75, 3.05) is 26.3 Å². The van der Waals surface area contributed by atoms with Gasteiger partial charge in [-0.1, -0.05) is 11.6 Å². The molecule has 0 bridgehead atoms. The predicted octanol–water partition coefficient (Wildman–Crippen LogP) is -0.0866. The highest BCUT2D eigenvalue weighted by atomic mass is 16.5. The Balaban J connectivity index is 2.02. The highest BCUT2D eigenvalue weighted by Crippen LogP contribution is 2.23. The molecule has 2 atom stereocenters. The van der Waals surface area contributed by atoms with Gasteiger partial charge in [0.15, 0.2) is 0 Å². The minimum atomic E-state index is -0.186. The smallest absolute Gasteiger partial charge is 0.0741 e. The maximum atomic E-state index is 9.60. The van der Waals surface area contributed by atoms with Crippen molar-refractivity contribution in [1.29, 1.82) is 0 Å². The first kappa shape index (κ1) is 8.23. The molecule has 1 fully saturated rings. The Morgan fingerprint density at radius 2 is 2.42 bits per heavy atom. The van der Waals surface area contributed by atoms with Gasteiger partial charge in [0.2, 0.25) is 0 Å². The molecular formula is C9H15NO2. The zero-order valence-corrected chi connectivity index (χ0v) is 7.12. The fourth-order valence-electron chi connectivity index (χ4n) is 1.92. The van der Waals surface area contributed by atoms with Crippen LogP contribution in [-0.4, -0.2) is 37.5 Å². The maximum absolute atomic E-state index is 9.60. The molecule has 0 unspecified atom stereocenters. The van der Waals surface area contributed by atoms with Gasteiger partial charge in [-0.2, -0.15) is 0 Å². The average molecular weight is 169 g/mol. The molecular weight excluding hydrogens is 154 g/mol. The molecule has 2 heterocycles. The Labute approximate surface area is 72.4 Å². The molecule has 68 valence electrons. The summed E-state index contributed by atoms with van der Waals surface area (Å²) in [4.78, 5) is 0. The summed E-state index contributed by atoms with van der Waals surface area (Å²) in [6, 6.07) is 0. The number of β-amino-alcohol motifs (C(OH)–C–C–N with tert-alkyl or cyclic N) is 1. The van der Waals surface area contributed by atoms with Crippen molar-refractivity contribution < 1.29 is 9.84 Å². The molecule has 0 amide bonds. The van der Waals surface area contributed by atoms with E-state index < -0.39 is 0 Å². The number of hydrogen-bond acceptors (Lipinski definition) is 3. The van der Waals surface area contributed by atoms with Gasteiger partial charge in [0, 0.05) is 19.0 Å². The van der Waals surface area contributed by atoms with Gasteiger partial charge in [-0.3, -0.25) is 0 Å². The number of hydrogen-bond donors (Lipinski definition) is 2. The first-order valence-electron chi connectivity index (χ1n) is 4.53. The van der Waals surface area contributed by atoms with Gasteiger partial charge < -0.3 is 15.2 Å². The second-order valence-electron chi connectivity index (χ2n) is 3.44. The first-order chi connectivity index (χ1) is 5.88. The Morgan fingerprint density at radius 3 is 3.00 bits per heavy atom. The number of rotatable bonds is 1. The molecule has 3 nitrogen and oxygen atoms in total. The normalized spacial score (nSPS) is 36.6. The van der Waals surface area contributed by atoms with Crippen molar-refractivity contribution >= 4 is 0 Å². The van der Waals surface area contributed by atoms with Crippen molar-refractivity contribution in [3.8, 4) is 0 Å². The quantitative estimate of drug-likeness (QED) is 0.539. The van der Waals surface area contributed by atoms with E-state index in [0.717, 1.165) is 32.7 Å². The lowest BCUT2D eigenvalue weighted by Gasteiger charge is -2.21. The van der Waals surface area contributed by atoms with E-state index in [9.17, 15) is 5.11 Å². The van der Waals surface area contributed by atoms with E-state index in [4.69, 9.17) is 4.74 Å². The molecule has 12 heavy (non-hydrogen) atoms. The van der Waals surface area contributed by atoms with E-state index in [1.165, 1.54) is 5.57 Å². The summed E-state index contributed by atoms with van der Waals surface area (Å²) in [5.41, 5.74) is 1.37. The molecule has 2 N–H and O–H groups in total.